The van der Waals surface area contributed by atoms with Gasteiger partial charge in [0.05, 0.1) is 28.7 Å². The molecular weight excluding hydrogens is 467 g/mol. The molecule has 7 nitrogen and oxygen atoms in total. The average molecular weight is 479 g/mol. The van der Waals surface area contributed by atoms with Crippen molar-refractivity contribution in [3.63, 3.8) is 0 Å². The molecule has 0 aliphatic carbocycles. The van der Waals surface area contributed by atoms with E-state index in [-0.39, 0.29) is 5.75 Å². The number of hydrogen-bond acceptors (Lipinski definition) is 6. The Kier molecular flexibility index (Phi) is 6.37. The van der Waals surface area contributed by atoms with Crippen molar-refractivity contribution < 1.29 is 45.1 Å². The molecule has 2 aromatic carbocycles. The number of nitro benzene ring substituents is 1. The Morgan fingerprint density at radius 2 is 1.88 bits per heavy atom. The second kappa shape index (κ2) is 8.74. The Morgan fingerprint density at radius 3 is 2.42 bits per heavy atom. The van der Waals surface area contributed by atoms with Crippen molar-refractivity contribution in [2.75, 3.05) is 18.1 Å². The molecule has 1 fully saturated rings. The van der Waals surface area contributed by atoms with Crippen molar-refractivity contribution in [3.05, 3.63) is 63.5 Å². The highest BCUT2D eigenvalue weighted by molar-refractivity contribution is 5.56. The molecule has 0 radical (unpaired) electrons. The van der Waals surface area contributed by atoms with Gasteiger partial charge >= 0.3 is 18.0 Å². The predicted octanol–water partition coefficient (Wildman–Crippen LogP) is 4.80. The van der Waals surface area contributed by atoms with Crippen LogP contribution in [0.4, 0.5) is 42.1 Å². The third kappa shape index (κ3) is 5.25. The molecule has 0 saturated carbocycles. The smallest absolute Gasteiger partial charge is 0.433 e. The number of anilines is 1. The summed E-state index contributed by atoms with van der Waals surface area (Å²) in [6.07, 6.45) is -13.9. The molecule has 176 valence electrons. The summed E-state index contributed by atoms with van der Waals surface area (Å²) in [5, 5.41) is 19.5. The minimum absolute atomic E-state index is 0.221. The van der Waals surface area contributed by atoms with Gasteiger partial charge < -0.3 is 14.4 Å². The molecule has 0 bridgehead atoms. The maximum atomic E-state index is 13.7. The molecule has 2 atom stereocenters. The van der Waals surface area contributed by atoms with Gasteiger partial charge in [0, 0.05) is 17.8 Å². The first-order chi connectivity index (χ1) is 15.3. The molecule has 0 aromatic heterocycles. The van der Waals surface area contributed by atoms with E-state index in [9.17, 15) is 40.8 Å². The van der Waals surface area contributed by atoms with Gasteiger partial charge in [0.25, 0.3) is 0 Å². The Bertz CT molecular complexity index is 1100. The van der Waals surface area contributed by atoms with Crippen LogP contribution in [0, 0.1) is 27.3 Å². The monoisotopic (exact) mass is 479 g/mol. The molecule has 0 spiro atoms. The molecule has 1 aliphatic heterocycles. The summed E-state index contributed by atoms with van der Waals surface area (Å²) in [6, 6.07) is 5.97. The maximum absolute atomic E-state index is 13.7. The predicted molar refractivity (Wildman–Crippen MR) is 96.8 cm³/mol. The lowest BCUT2D eigenvalue weighted by molar-refractivity contribution is -0.387. The Balaban J connectivity index is 1.82. The third-order valence-electron chi connectivity index (χ3n) is 4.60. The Hall–Kier alpha value is -3.60. The fraction of sp³-hybridized carbons (Fsp3) is 0.316. The van der Waals surface area contributed by atoms with Crippen molar-refractivity contribution in [3.8, 4) is 11.8 Å². The first-order valence-corrected chi connectivity index (χ1v) is 8.98. The van der Waals surface area contributed by atoms with E-state index < -0.39 is 71.1 Å². The van der Waals surface area contributed by atoms with Crippen molar-refractivity contribution in [1.29, 1.82) is 5.26 Å². The van der Waals surface area contributed by atoms with Crippen molar-refractivity contribution in [2.45, 2.75) is 24.7 Å². The molecule has 0 N–H and O–H groups in total. The van der Waals surface area contributed by atoms with Crippen molar-refractivity contribution in [2.24, 2.45) is 0 Å². The van der Waals surface area contributed by atoms with Crippen LogP contribution in [-0.4, -0.2) is 36.6 Å². The van der Waals surface area contributed by atoms with Crippen LogP contribution in [0.2, 0.25) is 0 Å². The zero-order chi connectivity index (χ0) is 24.6. The van der Waals surface area contributed by atoms with E-state index in [0.29, 0.717) is 17.0 Å². The fourth-order valence-electron chi connectivity index (χ4n) is 3.16. The van der Waals surface area contributed by atoms with Gasteiger partial charge in [-0.15, -0.1) is 0 Å². The topological polar surface area (TPSA) is 88.6 Å². The van der Waals surface area contributed by atoms with Crippen LogP contribution in [0.25, 0.3) is 0 Å². The quantitative estimate of drug-likeness (QED) is 0.348. The van der Waals surface area contributed by atoms with Crippen LogP contribution in [0.5, 0.6) is 5.75 Å². The van der Waals surface area contributed by atoms with Gasteiger partial charge in [0.2, 0.25) is 12.0 Å². The van der Waals surface area contributed by atoms with Gasteiger partial charge in [-0.25, -0.2) is 0 Å². The molecule has 0 amide bonds. The number of nitro groups is 1. The summed E-state index contributed by atoms with van der Waals surface area (Å²) >= 11 is 0. The number of ether oxygens (including phenoxy) is 2. The van der Waals surface area contributed by atoms with Crippen LogP contribution < -0.4 is 9.64 Å². The van der Waals surface area contributed by atoms with Gasteiger partial charge in [-0.05, 0) is 24.3 Å². The number of nitriles is 1. The summed E-state index contributed by atoms with van der Waals surface area (Å²) in [6.45, 7) is -1.09. The summed E-state index contributed by atoms with van der Waals surface area (Å²) < 4.78 is 104. The fourth-order valence-corrected chi connectivity index (χ4v) is 3.16. The van der Waals surface area contributed by atoms with E-state index in [4.69, 9.17) is 14.7 Å². The van der Waals surface area contributed by atoms with E-state index in [0.717, 1.165) is 24.3 Å². The largest absolute Gasteiger partial charge is 0.491 e. The number of hydrogen-bond donors (Lipinski definition) is 0. The molecular formula is C19H12F7N3O4. The van der Waals surface area contributed by atoms with E-state index in [1.165, 1.54) is 6.07 Å². The molecule has 1 heterocycles. The molecule has 2 aromatic rings. The molecule has 0 unspecified atom stereocenters. The van der Waals surface area contributed by atoms with E-state index in [1.54, 1.807) is 0 Å². The summed E-state index contributed by atoms with van der Waals surface area (Å²) in [5.74, 6) is -1.45. The van der Waals surface area contributed by atoms with E-state index >= 15 is 0 Å². The highest BCUT2D eigenvalue weighted by atomic mass is 19.4. The number of halogens is 7. The average Bonchev–Trinajstić information content (AvgIpc) is 3.16. The van der Waals surface area contributed by atoms with Gasteiger partial charge in [-0.3, -0.25) is 10.1 Å². The van der Waals surface area contributed by atoms with Crippen molar-refractivity contribution in [1.82, 2.24) is 0 Å². The van der Waals surface area contributed by atoms with Crippen molar-refractivity contribution >= 4 is 11.4 Å². The standard InChI is InChI=1S/C19H12F7N3O4/c20-15-6-12(3-4-16(15)29(30)31)32-9-13-8-28(17(33-13)19(24,25)26)11-2-1-10(7-27)14(5-11)18(21,22)23/h1-6,13,17H,8-9H2/t13-,17+/m0/s1. The molecule has 1 saturated heterocycles. The van der Waals surface area contributed by atoms with E-state index in [1.807, 2.05) is 0 Å². The summed E-state index contributed by atoms with van der Waals surface area (Å²) in [5.41, 5.74) is -3.46. The van der Waals surface area contributed by atoms with Gasteiger partial charge in [0.1, 0.15) is 18.5 Å². The number of nitrogens with zero attached hydrogens (tertiary/aromatic N) is 3. The van der Waals surface area contributed by atoms with Crippen LogP contribution in [0.1, 0.15) is 11.1 Å². The molecule has 3 rings (SSSR count). The summed E-state index contributed by atoms with van der Waals surface area (Å²) in [4.78, 5) is 10.2. The van der Waals surface area contributed by atoms with Gasteiger partial charge in [-0.2, -0.15) is 36.0 Å². The van der Waals surface area contributed by atoms with Crippen LogP contribution in [-0.2, 0) is 10.9 Å². The lowest BCUT2D eigenvalue weighted by atomic mass is 10.1. The second-order valence-electron chi connectivity index (χ2n) is 6.83. The Labute approximate surface area is 180 Å². The SMILES string of the molecule is N#Cc1ccc(N2C[C@@H](COc3ccc([N+](=O)[O-])c(F)c3)O[C@@H]2C(F)(F)F)cc1C(F)(F)F. The molecule has 1 aliphatic rings. The highest BCUT2D eigenvalue weighted by Crippen LogP contribution is 2.39. The van der Waals surface area contributed by atoms with Crippen LogP contribution >= 0.6 is 0 Å². The van der Waals surface area contributed by atoms with Gasteiger partial charge in [0.15, 0.2) is 0 Å². The molecule has 14 heteroatoms. The highest BCUT2D eigenvalue weighted by Gasteiger charge is 2.51. The normalized spacial score (nSPS) is 18.8. The minimum Gasteiger partial charge on any atom is -0.491 e. The minimum atomic E-state index is -4.99. The lowest BCUT2D eigenvalue weighted by Crippen LogP contribution is -2.42. The number of benzene rings is 2. The molecule has 33 heavy (non-hydrogen) atoms. The Morgan fingerprint density at radius 1 is 1.18 bits per heavy atom. The third-order valence-corrected chi connectivity index (χ3v) is 4.60. The zero-order valence-electron chi connectivity index (χ0n) is 16.2. The van der Waals surface area contributed by atoms with Gasteiger partial charge in [-0.1, -0.05) is 0 Å². The lowest BCUT2D eigenvalue weighted by Gasteiger charge is -2.27. The summed E-state index contributed by atoms with van der Waals surface area (Å²) in [7, 11) is 0. The maximum Gasteiger partial charge on any atom is 0.433 e. The van der Waals surface area contributed by atoms with E-state index in [2.05, 4.69) is 0 Å². The first-order valence-electron chi connectivity index (χ1n) is 8.98. The zero-order valence-corrected chi connectivity index (χ0v) is 16.2. The number of alkyl halides is 6. The first kappa shape index (κ1) is 24.1. The second-order valence-corrected chi connectivity index (χ2v) is 6.83. The van der Waals surface area contributed by atoms with Crippen LogP contribution in [0.3, 0.4) is 0 Å². The number of rotatable bonds is 5. The van der Waals surface area contributed by atoms with Crippen LogP contribution in [0.15, 0.2) is 36.4 Å².